The van der Waals surface area contributed by atoms with E-state index in [0.29, 0.717) is 17.7 Å². The van der Waals surface area contributed by atoms with Crippen LogP contribution >= 0.6 is 0 Å². The number of methoxy groups -OCH3 is 1. The van der Waals surface area contributed by atoms with Crippen molar-refractivity contribution in [3.05, 3.63) is 34.4 Å². The molecule has 0 heterocycles. The molecule has 1 rings (SSSR count). The SMILES string of the molecule is C#Cc1cc(C(=O)OC)cc(CNCC(=O)OC(C)(C)C)c1C. The summed E-state index contributed by atoms with van der Waals surface area (Å²) in [6.45, 7) is 7.78. The zero-order chi connectivity index (χ0) is 17.6. The van der Waals surface area contributed by atoms with Crippen LogP contribution in [0.25, 0.3) is 0 Å². The van der Waals surface area contributed by atoms with Crippen molar-refractivity contribution in [3.63, 3.8) is 0 Å². The van der Waals surface area contributed by atoms with E-state index in [-0.39, 0.29) is 12.5 Å². The van der Waals surface area contributed by atoms with Gasteiger partial charge < -0.3 is 14.8 Å². The highest BCUT2D eigenvalue weighted by molar-refractivity contribution is 5.90. The molecule has 0 unspecified atom stereocenters. The maximum Gasteiger partial charge on any atom is 0.337 e. The van der Waals surface area contributed by atoms with Gasteiger partial charge in [0.15, 0.2) is 0 Å². The minimum Gasteiger partial charge on any atom is -0.465 e. The Morgan fingerprint density at radius 2 is 1.96 bits per heavy atom. The number of nitrogens with one attached hydrogen (secondary N) is 1. The van der Waals surface area contributed by atoms with Gasteiger partial charge in [0, 0.05) is 12.1 Å². The highest BCUT2D eigenvalue weighted by Gasteiger charge is 2.16. The van der Waals surface area contributed by atoms with Crippen LogP contribution in [-0.2, 0) is 20.8 Å². The van der Waals surface area contributed by atoms with Gasteiger partial charge in [-0.25, -0.2) is 4.79 Å². The minimum atomic E-state index is -0.518. The van der Waals surface area contributed by atoms with Crippen molar-refractivity contribution in [2.24, 2.45) is 0 Å². The number of benzene rings is 1. The summed E-state index contributed by atoms with van der Waals surface area (Å²) in [6.07, 6.45) is 5.48. The molecular weight excluding hydrogens is 294 g/mol. The summed E-state index contributed by atoms with van der Waals surface area (Å²) in [5.41, 5.74) is 2.22. The lowest BCUT2D eigenvalue weighted by Crippen LogP contribution is -2.31. The standard InChI is InChI=1S/C18H23NO4/c1-7-13-8-14(17(21)22-6)9-15(12(13)2)10-19-11-16(20)23-18(3,4)5/h1,8-9,19H,10-11H2,2-6H3. The maximum atomic E-state index is 11.7. The van der Waals surface area contributed by atoms with Gasteiger partial charge >= 0.3 is 11.9 Å². The van der Waals surface area contributed by atoms with E-state index < -0.39 is 11.6 Å². The summed E-state index contributed by atoms with van der Waals surface area (Å²) in [7, 11) is 1.32. The number of ether oxygens (including phenoxy) is 2. The van der Waals surface area contributed by atoms with Gasteiger partial charge in [0.2, 0.25) is 0 Å². The predicted octanol–water partition coefficient (Wildman–Crippen LogP) is 2.19. The first-order chi connectivity index (χ1) is 10.7. The Hall–Kier alpha value is -2.32. The van der Waals surface area contributed by atoms with Crippen LogP contribution in [0.3, 0.4) is 0 Å². The number of rotatable bonds is 5. The smallest absolute Gasteiger partial charge is 0.337 e. The van der Waals surface area contributed by atoms with Crippen LogP contribution in [0.4, 0.5) is 0 Å². The zero-order valence-corrected chi connectivity index (χ0v) is 14.3. The summed E-state index contributed by atoms with van der Waals surface area (Å²) >= 11 is 0. The molecule has 0 aliphatic carbocycles. The average molecular weight is 317 g/mol. The molecule has 124 valence electrons. The van der Waals surface area contributed by atoms with Crippen LogP contribution < -0.4 is 5.32 Å². The van der Waals surface area contributed by atoms with Crippen molar-refractivity contribution in [2.45, 2.75) is 39.8 Å². The Bertz CT molecular complexity index is 636. The predicted molar refractivity (Wildman–Crippen MR) is 88.0 cm³/mol. The first kappa shape index (κ1) is 18.7. The molecule has 0 saturated heterocycles. The Labute approximate surface area is 137 Å². The second-order valence-electron chi connectivity index (χ2n) is 6.13. The molecule has 0 aromatic heterocycles. The van der Waals surface area contributed by atoms with Crippen LogP contribution in [0.2, 0.25) is 0 Å². The quantitative estimate of drug-likeness (QED) is 0.666. The topological polar surface area (TPSA) is 64.6 Å². The lowest BCUT2D eigenvalue weighted by molar-refractivity contribution is -0.153. The number of carbonyl (C=O) groups is 2. The van der Waals surface area contributed by atoms with Crippen molar-refractivity contribution >= 4 is 11.9 Å². The summed E-state index contributed by atoms with van der Waals surface area (Å²) in [4.78, 5) is 23.4. The fourth-order valence-electron chi connectivity index (χ4n) is 2.02. The molecule has 0 spiro atoms. The minimum absolute atomic E-state index is 0.0740. The Balaban J connectivity index is 2.82. The van der Waals surface area contributed by atoms with Crippen molar-refractivity contribution < 1.29 is 19.1 Å². The van der Waals surface area contributed by atoms with Crippen LogP contribution in [0.1, 0.15) is 47.8 Å². The van der Waals surface area contributed by atoms with Gasteiger partial charge in [-0.05, 0) is 51.0 Å². The van der Waals surface area contributed by atoms with Gasteiger partial charge in [-0.1, -0.05) is 5.92 Å². The first-order valence-electron chi connectivity index (χ1n) is 7.29. The van der Waals surface area contributed by atoms with E-state index in [2.05, 4.69) is 11.2 Å². The Morgan fingerprint density at radius 1 is 1.30 bits per heavy atom. The zero-order valence-electron chi connectivity index (χ0n) is 14.3. The molecule has 1 aromatic carbocycles. The van der Waals surface area contributed by atoms with E-state index >= 15 is 0 Å². The second kappa shape index (κ2) is 7.80. The van der Waals surface area contributed by atoms with Crippen LogP contribution in [-0.4, -0.2) is 31.2 Å². The van der Waals surface area contributed by atoms with E-state index in [1.54, 1.807) is 12.1 Å². The normalized spacial score (nSPS) is 10.8. The molecule has 0 aliphatic heterocycles. The van der Waals surface area contributed by atoms with Crippen molar-refractivity contribution in [1.29, 1.82) is 0 Å². The maximum absolute atomic E-state index is 11.7. The first-order valence-corrected chi connectivity index (χ1v) is 7.29. The highest BCUT2D eigenvalue weighted by Crippen LogP contribution is 2.17. The van der Waals surface area contributed by atoms with Crippen LogP contribution in [0.5, 0.6) is 0 Å². The summed E-state index contributed by atoms with van der Waals surface area (Å²) in [5, 5.41) is 3.01. The van der Waals surface area contributed by atoms with Gasteiger partial charge in [-0.15, -0.1) is 6.42 Å². The molecule has 5 nitrogen and oxygen atoms in total. The lowest BCUT2D eigenvalue weighted by atomic mass is 9.99. The third-order valence-electron chi connectivity index (χ3n) is 3.10. The largest absolute Gasteiger partial charge is 0.465 e. The molecule has 0 saturated carbocycles. The summed E-state index contributed by atoms with van der Waals surface area (Å²) in [6, 6.07) is 3.34. The molecule has 0 amide bonds. The van der Waals surface area contributed by atoms with E-state index in [4.69, 9.17) is 15.9 Å². The molecule has 5 heteroatoms. The van der Waals surface area contributed by atoms with Crippen molar-refractivity contribution in [2.75, 3.05) is 13.7 Å². The molecule has 1 aromatic rings. The fourth-order valence-corrected chi connectivity index (χ4v) is 2.02. The highest BCUT2D eigenvalue weighted by atomic mass is 16.6. The molecule has 0 atom stereocenters. The van der Waals surface area contributed by atoms with E-state index in [9.17, 15) is 9.59 Å². The molecule has 23 heavy (non-hydrogen) atoms. The summed E-state index contributed by atoms with van der Waals surface area (Å²) < 4.78 is 9.95. The monoisotopic (exact) mass is 317 g/mol. The average Bonchev–Trinajstić information content (AvgIpc) is 2.46. The second-order valence-corrected chi connectivity index (χ2v) is 6.13. The molecule has 0 radical (unpaired) electrons. The van der Waals surface area contributed by atoms with Gasteiger partial charge in [-0.3, -0.25) is 4.79 Å². The van der Waals surface area contributed by atoms with Crippen molar-refractivity contribution in [1.82, 2.24) is 5.32 Å². The number of carbonyl (C=O) groups excluding carboxylic acids is 2. The van der Waals surface area contributed by atoms with Crippen molar-refractivity contribution in [3.8, 4) is 12.3 Å². The molecule has 0 aliphatic rings. The van der Waals surface area contributed by atoms with E-state index in [0.717, 1.165) is 11.1 Å². The number of terminal acetylenes is 1. The van der Waals surface area contributed by atoms with Gasteiger partial charge in [0.1, 0.15) is 5.60 Å². The number of hydrogen-bond donors (Lipinski definition) is 1. The van der Waals surface area contributed by atoms with Gasteiger partial charge in [0.05, 0.1) is 19.2 Å². The number of hydrogen-bond acceptors (Lipinski definition) is 5. The van der Waals surface area contributed by atoms with Gasteiger partial charge in [0.25, 0.3) is 0 Å². The molecular formula is C18H23NO4. The van der Waals surface area contributed by atoms with E-state index in [1.807, 2.05) is 27.7 Å². The summed E-state index contributed by atoms with van der Waals surface area (Å²) in [5.74, 6) is 1.77. The molecule has 0 fully saturated rings. The Morgan fingerprint density at radius 3 is 2.48 bits per heavy atom. The van der Waals surface area contributed by atoms with Crippen LogP contribution in [0, 0.1) is 19.3 Å². The Kier molecular flexibility index (Phi) is 6.35. The van der Waals surface area contributed by atoms with Gasteiger partial charge in [-0.2, -0.15) is 0 Å². The molecule has 1 N–H and O–H groups in total. The van der Waals surface area contributed by atoms with Crippen LogP contribution in [0.15, 0.2) is 12.1 Å². The third kappa shape index (κ3) is 5.76. The lowest BCUT2D eigenvalue weighted by Gasteiger charge is -2.19. The number of esters is 2. The van der Waals surface area contributed by atoms with E-state index in [1.165, 1.54) is 7.11 Å². The fraction of sp³-hybridized carbons (Fsp3) is 0.444. The third-order valence-corrected chi connectivity index (χ3v) is 3.10. The molecule has 0 bridgehead atoms.